The van der Waals surface area contributed by atoms with Gasteiger partial charge in [0.15, 0.2) is 11.5 Å². The van der Waals surface area contributed by atoms with Gasteiger partial charge >= 0.3 is 0 Å². The van der Waals surface area contributed by atoms with E-state index in [1.54, 1.807) is 31.4 Å². The molecule has 0 aliphatic carbocycles. The summed E-state index contributed by atoms with van der Waals surface area (Å²) >= 11 is 0. The van der Waals surface area contributed by atoms with Gasteiger partial charge < -0.3 is 29.5 Å². The van der Waals surface area contributed by atoms with E-state index < -0.39 is 12.2 Å². The molecule has 1 aliphatic heterocycles. The first-order chi connectivity index (χ1) is 15.0. The van der Waals surface area contributed by atoms with E-state index >= 15 is 0 Å². The molecule has 1 aliphatic rings. The summed E-state index contributed by atoms with van der Waals surface area (Å²) in [6, 6.07) is 16.0. The number of phenols is 2. The molecule has 0 fully saturated rings. The van der Waals surface area contributed by atoms with Crippen molar-refractivity contribution >= 4 is 0 Å². The number of rotatable bonds is 6. The molecule has 0 radical (unpaired) electrons. The third-order valence-corrected chi connectivity index (χ3v) is 5.65. The van der Waals surface area contributed by atoms with E-state index in [-0.39, 0.29) is 11.5 Å². The van der Waals surface area contributed by atoms with Crippen LogP contribution in [-0.4, -0.2) is 35.6 Å². The Labute approximate surface area is 181 Å². The van der Waals surface area contributed by atoms with Gasteiger partial charge in [0.05, 0.1) is 20.3 Å². The molecule has 6 heteroatoms. The van der Waals surface area contributed by atoms with Crippen LogP contribution in [0.3, 0.4) is 0 Å². The number of hydrogen-bond acceptors (Lipinski definition) is 6. The number of ether oxygens (including phenoxy) is 3. The predicted octanol–water partition coefficient (Wildman–Crippen LogP) is 3.94. The van der Waals surface area contributed by atoms with Gasteiger partial charge in [0.2, 0.25) is 0 Å². The van der Waals surface area contributed by atoms with Crippen LogP contribution in [0.15, 0.2) is 54.6 Å². The maximum absolute atomic E-state index is 10.9. The molecule has 3 aromatic carbocycles. The summed E-state index contributed by atoms with van der Waals surface area (Å²) in [5.41, 5.74) is 3.74. The van der Waals surface area contributed by atoms with Crippen molar-refractivity contribution in [3.8, 4) is 28.7 Å². The van der Waals surface area contributed by atoms with Crippen LogP contribution in [0.2, 0.25) is 0 Å². The van der Waals surface area contributed by atoms with Crippen LogP contribution in [0.5, 0.6) is 28.7 Å². The van der Waals surface area contributed by atoms with Crippen molar-refractivity contribution in [2.24, 2.45) is 0 Å². The van der Waals surface area contributed by atoms with Gasteiger partial charge in [-0.3, -0.25) is 0 Å². The first-order valence-electron chi connectivity index (χ1n) is 10.2. The second-order valence-corrected chi connectivity index (χ2v) is 7.67. The predicted molar refractivity (Wildman–Crippen MR) is 116 cm³/mol. The first-order valence-corrected chi connectivity index (χ1v) is 10.2. The SMILES string of the molecule is COc1cc(CCc2cccc(O)c2)c2c(c1)O[C@H](c1ccc(O)c(OC)c1)[C@@H](O)C2. The fourth-order valence-electron chi connectivity index (χ4n) is 4.04. The Bertz CT molecular complexity index is 1080. The molecule has 4 rings (SSSR count). The Morgan fingerprint density at radius 2 is 1.81 bits per heavy atom. The lowest BCUT2D eigenvalue weighted by Crippen LogP contribution is -2.31. The minimum absolute atomic E-state index is 0.0350. The van der Waals surface area contributed by atoms with Crippen molar-refractivity contribution in [3.63, 3.8) is 0 Å². The molecule has 0 saturated carbocycles. The van der Waals surface area contributed by atoms with Crippen molar-refractivity contribution in [1.82, 2.24) is 0 Å². The summed E-state index contributed by atoms with van der Waals surface area (Å²) in [6.45, 7) is 0. The second-order valence-electron chi connectivity index (χ2n) is 7.67. The molecule has 31 heavy (non-hydrogen) atoms. The summed E-state index contributed by atoms with van der Waals surface area (Å²) in [5.74, 6) is 1.97. The molecule has 0 saturated heterocycles. The van der Waals surface area contributed by atoms with Crippen molar-refractivity contribution in [2.45, 2.75) is 31.5 Å². The molecule has 2 atom stereocenters. The van der Waals surface area contributed by atoms with Gasteiger partial charge in [-0.2, -0.15) is 0 Å². The number of benzene rings is 3. The van der Waals surface area contributed by atoms with E-state index in [1.807, 2.05) is 24.3 Å². The largest absolute Gasteiger partial charge is 0.508 e. The minimum Gasteiger partial charge on any atom is -0.508 e. The lowest BCUT2D eigenvalue weighted by Gasteiger charge is -2.32. The van der Waals surface area contributed by atoms with E-state index in [4.69, 9.17) is 14.2 Å². The standard InChI is InChI=1S/C25H26O6/c1-29-19-11-16(7-6-15-4-3-5-18(26)10-15)20-14-22(28)25(31-23(20)13-19)17-8-9-21(27)24(12-17)30-2/h3-5,8-13,22,25-28H,6-7,14H2,1-2H3/t22-,25+/m0/s1. The minimum atomic E-state index is -0.755. The number of methoxy groups -OCH3 is 2. The Balaban J connectivity index is 1.63. The van der Waals surface area contributed by atoms with Crippen LogP contribution in [0.1, 0.15) is 28.4 Å². The third kappa shape index (κ3) is 4.39. The van der Waals surface area contributed by atoms with E-state index in [9.17, 15) is 15.3 Å². The molecule has 0 unspecified atom stereocenters. The quantitative estimate of drug-likeness (QED) is 0.558. The third-order valence-electron chi connectivity index (χ3n) is 5.65. The molecule has 0 aromatic heterocycles. The first kappa shape index (κ1) is 20.9. The summed E-state index contributed by atoms with van der Waals surface area (Å²) < 4.78 is 16.9. The van der Waals surface area contributed by atoms with Gasteiger partial charge in [-0.15, -0.1) is 0 Å². The highest BCUT2D eigenvalue weighted by Gasteiger charge is 2.32. The zero-order valence-corrected chi connectivity index (χ0v) is 17.5. The summed E-state index contributed by atoms with van der Waals surface area (Å²) in [5, 5.41) is 30.5. The monoisotopic (exact) mass is 422 g/mol. The molecule has 0 bridgehead atoms. The normalized spacial score (nSPS) is 17.5. The zero-order chi connectivity index (χ0) is 22.0. The average molecular weight is 422 g/mol. The lowest BCUT2D eigenvalue weighted by molar-refractivity contribution is 0.0202. The molecule has 0 amide bonds. The number of fused-ring (bicyclic) bond motifs is 1. The summed E-state index contributed by atoms with van der Waals surface area (Å²) in [6.07, 6.45) is 0.546. The number of aliphatic hydroxyl groups is 1. The fourth-order valence-corrected chi connectivity index (χ4v) is 4.04. The van der Waals surface area contributed by atoms with Gasteiger partial charge in [-0.05, 0) is 59.9 Å². The molecular weight excluding hydrogens is 396 g/mol. The van der Waals surface area contributed by atoms with Crippen LogP contribution in [0.25, 0.3) is 0 Å². The topological polar surface area (TPSA) is 88.4 Å². The molecule has 3 aromatic rings. The number of aliphatic hydroxyl groups excluding tert-OH is 1. The second kappa shape index (κ2) is 8.78. The van der Waals surface area contributed by atoms with Crippen molar-refractivity contribution in [2.75, 3.05) is 14.2 Å². The number of hydrogen-bond donors (Lipinski definition) is 3. The molecule has 0 spiro atoms. The smallest absolute Gasteiger partial charge is 0.160 e. The maximum Gasteiger partial charge on any atom is 0.160 e. The highest BCUT2D eigenvalue weighted by atomic mass is 16.5. The number of phenolic OH excluding ortho intramolecular Hbond substituents is 2. The van der Waals surface area contributed by atoms with E-state index in [0.717, 1.165) is 35.1 Å². The molecule has 1 heterocycles. The Morgan fingerprint density at radius 3 is 2.55 bits per heavy atom. The fraction of sp³-hybridized carbons (Fsp3) is 0.280. The van der Waals surface area contributed by atoms with Crippen LogP contribution < -0.4 is 14.2 Å². The van der Waals surface area contributed by atoms with Crippen LogP contribution >= 0.6 is 0 Å². The van der Waals surface area contributed by atoms with Gasteiger partial charge in [0.1, 0.15) is 23.4 Å². The van der Waals surface area contributed by atoms with E-state index in [2.05, 4.69) is 0 Å². The number of aryl methyl sites for hydroxylation is 2. The summed E-state index contributed by atoms with van der Waals surface area (Å²) in [7, 11) is 3.09. The molecular formula is C25H26O6. The highest BCUT2D eigenvalue weighted by Crippen LogP contribution is 2.41. The van der Waals surface area contributed by atoms with Gasteiger partial charge in [0.25, 0.3) is 0 Å². The highest BCUT2D eigenvalue weighted by molar-refractivity contribution is 5.50. The Morgan fingerprint density at radius 1 is 0.968 bits per heavy atom. The van der Waals surface area contributed by atoms with Crippen LogP contribution in [-0.2, 0) is 19.3 Å². The van der Waals surface area contributed by atoms with Crippen molar-refractivity contribution in [3.05, 3.63) is 76.9 Å². The van der Waals surface area contributed by atoms with E-state index in [1.165, 1.54) is 13.2 Å². The van der Waals surface area contributed by atoms with Crippen molar-refractivity contribution in [1.29, 1.82) is 0 Å². The van der Waals surface area contributed by atoms with E-state index in [0.29, 0.717) is 23.7 Å². The lowest BCUT2D eigenvalue weighted by atomic mass is 9.89. The van der Waals surface area contributed by atoms with Crippen LogP contribution in [0, 0.1) is 0 Å². The molecule has 6 nitrogen and oxygen atoms in total. The zero-order valence-electron chi connectivity index (χ0n) is 17.5. The van der Waals surface area contributed by atoms with Gasteiger partial charge in [-0.1, -0.05) is 18.2 Å². The Hall–Kier alpha value is -3.38. The molecule has 3 N–H and O–H groups in total. The molecule has 162 valence electrons. The Kier molecular flexibility index (Phi) is 5.91. The number of aromatic hydroxyl groups is 2. The van der Waals surface area contributed by atoms with Crippen LogP contribution in [0.4, 0.5) is 0 Å². The van der Waals surface area contributed by atoms with Gasteiger partial charge in [0, 0.05) is 18.1 Å². The van der Waals surface area contributed by atoms with Gasteiger partial charge in [-0.25, -0.2) is 0 Å². The maximum atomic E-state index is 10.9. The van der Waals surface area contributed by atoms with Crippen molar-refractivity contribution < 1.29 is 29.5 Å². The summed E-state index contributed by atoms with van der Waals surface area (Å²) in [4.78, 5) is 0. The average Bonchev–Trinajstić information content (AvgIpc) is 2.77.